The van der Waals surface area contributed by atoms with E-state index in [0.29, 0.717) is 0 Å². The van der Waals surface area contributed by atoms with Crippen LogP contribution < -0.4 is 0 Å². The van der Waals surface area contributed by atoms with E-state index in [-0.39, 0.29) is 26.1 Å². The maximum atomic E-state index is 11.4. The minimum absolute atomic E-state index is 0.0490. The predicted molar refractivity (Wildman–Crippen MR) is 80.1 cm³/mol. The second-order valence-corrected chi connectivity index (χ2v) is 4.96. The van der Waals surface area contributed by atoms with Crippen molar-refractivity contribution >= 4 is 18.0 Å². The van der Waals surface area contributed by atoms with E-state index in [1.807, 2.05) is 0 Å². The summed E-state index contributed by atoms with van der Waals surface area (Å²) in [5, 5.41) is 0. The zero-order valence-electron chi connectivity index (χ0n) is 13.3. The van der Waals surface area contributed by atoms with Crippen LogP contribution in [-0.4, -0.2) is 55.8 Å². The molecule has 0 spiro atoms. The minimum Gasteiger partial charge on any atom is -0.462 e. The normalized spacial score (nSPS) is 12.5. The van der Waals surface area contributed by atoms with E-state index in [2.05, 4.69) is 13.2 Å². The van der Waals surface area contributed by atoms with Gasteiger partial charge in [-0.05, 0) is 6.92 Å². The average molecular weight is 313 g/mol. The molecule has 0 aromatic rings. The van der Waals surface area contributed by atoms with Gasteiger partial charge in [0.05, 0.1) is 13.2 Å². The van der Waals surface area contributed by atoms with Crippen molar-refractivity contribution in [2.24, 2.45) is 0 Å². The molecular formula is C15H23NO6. The first kappa shape index (κ1) is 19.7. The molecule has 0 heterocycles. The van der Waals surface area contributed by atoms with E-state index in [1.165, 1.54) is 4.90 Å². The molecule has 1 unspecified atom stereocenters. The number of nitrogens with zero attached hydrogens (tertiary/aromatic N) is 1. The van der Waals surface area contributed by atoms with Gasteiger partial charge in [-0.3, -0.25) is 0 Å². The van der Waals surface area contributed by atoms with Crippen molar-refractivity contribution in [3.63, 3.8) is 0 Å². The second-order valence-electron chi connectivity index (χ2n) is 4.96. The molecule has 0 radical (unpaired) electrons. The summed E-state index contributed by atoms with van der Waals surface area (Å²) in [6.07, 6.45) is 2.12. The van der Waals surface area contributed by atoms with Gasteiger partial charge in [0, 0.05) is 39.1 Å². The van der Waals surface area contributed by atoms with Gasteiger partial charge in [-0.2, -0.15) is 0 Å². The zero-order valence-corrected chi connectivity index (χ0v) is 13.3. The van der Waals surface area contributed by atoms with Gasteiger partial charge in [0.25, 0.3) is 0 Å². The molecule has 7 nitrogen and oxygen atoms in total. The van der Waals surface area contributed by atoms with Gasteiger partial charge >= 0.3 is 18.0 Å². The van der Waals surface area contributed by atoms with Gasteiger partial charge in [0.2, 0.25) is 0 Å². The molecule has 0 rings (SSSR count). The Labute approximate surface area is 130 Å². The summed E-state index contributed by atoms with van der Waals surface area (Å²) < 4.78 is 15.2. The largest absolute Gasteiger partial charge is 0.462 e. The van der Waals surface area contributed by atoms with Gasteiger partial charge in [-0.25, -0.2) is 14.4 Å². The summed E-state index contributed by atoms with van der Waals surface area (Å²) in [5.74, 6) is -1.16. The molecule has 0 N–H and O–H groups in total. The highest BCUT2D eigenvalue weighted by Crippen LogP contribution is 2.21. The van der Waals surface area contributed by atoms with Gasteiger partial charge in [0.1, 0.15) is 5.60 Å². The molecule has 0 bridgehead atoms. The number of carbonyl (C=O) groups excluding carboxylic acids is 3. The Morgan fingerprint density at radius 3 is 1.95 bits per heavy atom. The Bertz CT molecular complexity index is 432. The molecule has 7 heteroatoms. The number of hydrogen-bond donors (Lipinski definition) is 0. The van der Waals surface area contributed by atoms with Gasteiger partial charge in [0.15, 0.2) is 0 Å². The molecule has 0 aliphatic carbocycles. The van der Waals surface area contributed by atoms with Crippen LogP contribution in [0, 0.1) is 0 Å². The van der Waals surface area contributed by atoms with Crippen molar-refractivity contribution in [1.82, 2.24) is 4.90 Å². The molecule has 124 valence electrons. The first-order valence-corrected chi connectivity index (χ1v) is 6.73. The van der Waals surface area contributed by atoms with E-state index >= 15 is 0 Å². The maximum absolute atomic E-state index is 11.4. The lowest BCUT2D eigenvalue weighted by molar-refractivity contribution is -0.156. The minimum atomic E-state index is -0.945. The van der Waals surface area contributed by atoms with Crippen LogP contribution >= 0.6 is 0 Å². The Morgan fingerprint density at radius 1 is 1.00 bits per heavy atom. The number of carbonyl (C=O) groups is 3. The standard InChI is InChI=1S/C15H23NO6/c1-6-12(17)20-10-8-15(3,22-13(18)7-2)9-11-21-14(19)16(4)5/h6-7H,1-2,8-11H2,3-5H3. The lowest BCUT2D eigenvalue weighted by Crippen LogP contribution is -2.35. The van der Waals surface area contributed by atoms with Crippen LogP contribution in [0.3, 0.4) is 0 Å². The Balaban J connectivity index is 4.54. The third-order valence-electron chi connectivity index (χ3n) is 2.78. The summed E-state index contributed by atoms with van der Waals surface area (Å²) >= 11 is 0. The number of ether oxygens (including phenoxy) is 3. The van der Waals surface area contributed by atoms with E-state index < -0.39 is 23.6 Å². The van der Waals surface area contributed by atoms with Crippen LogP contribution in [0.15, 0.2) is 25.3 Å². The highest BCUT2D eigenvalue weighted by Gasteiger charge is 2.29. The SMILES string of the molecule is C=CC(=O)OCCC(C)(CCOC(=O)N(C)C)OC(=O)C=C. The van der Waals surface area contributed by atoms with Gasteiger partial charge < -0.3 is 19.1 Å². The fourth-order valence-corrected chi connectivity index (χ4v) is 1.42. The summed E-state index contributed by atoms with van der Waals surface area (Å²) in [4.78, 5) is 35.1. The second kappa shape index (κ2) is 9.59. The first-order chi connectivity index (χ1) is 10.2. The van der Waals surface area contributed by atoms with E-state index in [9.17, 15) is 14.4 Å². The van der Waals surface area contributed by atoms with Crippen molar-refractivity contribution < 1.29 is 28.6 Å². The quantitative estimate of drug-likeness (QED) is 0.366. The van der Waals surface area contributed by atoms with Crippen LogP contribution in [0.25, 0.3) is 0 Å². The molecule has 22 heavy (non-hydrogen) atoms. The van der Waals surface area contributed by atoms with Crippen LogP contribution in [0.4, 0.5) is 4.79 Å². The fraction of sp³-hybridized carbons (Fsp3) is 0.533. The van der Waals surface area contributed by atoms with Crippen LogP contribution in [0.5, 0.6) is 0 Å². The summed E-state index contributed by atoms with van der Waals surface area (Å²) in [5.41, 5.74) is -0.945. The maximum Gasteiger partial charge on any atom is 0.409 e. The smallest absolute Gasteiger partial charge is 0.409 e. The number of rotatable bonds is 9. The molecular weight excluding hydrogens is 290 g/mol. The lowest BCUT2D eigenvalue weighted by Gasteiger charge is -2.29. The van der Waals surface area contributed by atoms with Crippen LogP contribution in [0.1, 0.15) is 19.8 Å². The summed E-state index contributed by atoms with van der Waals surface area (Å²) in [7, 11) is 3.13. The molecule has 0 aliphatic rings. The predicted octanol–water partition coefficient (Wildman–Crippen LogP) is 1.68. The zero-order chi connectivity index (χ0) is 17.2. The van der Waals surface area contributed by atoms with Crippen LogP contribution in [-0.2, 0) is 23.8 Å². The number of amides is 1. The van der Waals surface area contributed by atoms with Crippen molar-refractivity contribution in [3.8, 4) is 0 Å². The van der Waals surface area contributed by atoms with Gasteiger partial charge in [-0.15, -0.1) is 0 Å². The molecule has 1 atom stereocenters. The number of esters is 2. The van der Waals surface area contributed by atoms with Crippen molar-refractivity contribution in [2.45, 2.75) is 25.4 Å². The molecule has 0 aromatic heterocycles. The highest BCUT2D eigenvalue weighted by molar-refractivity contribution is 5.81. The summed E-state index contributed by atoms with van der Waals surface area (Å²) in [6, 6.07) is 0. The highest BCUT2D eigenvalue weighted by atomic mass is 16.6. The average Bonchev–Trinajstić information content (AvgIpc) is 2.46. The van der Waals surface area contributed by atoms with Gasteiger partial charge in [-0.1, -0.05) is 13.2 Å². The van der Waals surface area contributed by atoms with Crippen molar-refractivity contribution in [2.75, 3.05) is 27.3 Å². The molecule has 0 saturated carbocycles. The molecule has 0 aliphatic heterocycles. The monoisotopic (exact) mass is 313 g/mol. The molecule has 0 fully saturated rings. The lowest BCUT2D eigenvalue weighted by atomic mass is 9.98. The fourth-order valence-electron chi connectivity index (χ4n) is 1.42. The Kier molecular flexibility index (Phi) is 8.59. The van der Waals surface area contributed by atoms with E-state index in [1.54, 1.807) is 21.0 Å². The first-order valence-electron chi connectivity index (χ1n) is 6.73. The topological polar surface area (TPSA) is 82.1 Å². The van der Waals surface area contributed by atoms with Crippen molar-refractivity contribution in [1.29, 1.82) is 0 Å². The van der Waals surface area contributed by atoms with Crippen molar-refractivity contribution in [3.05, 3.63) is 25.3 Å². The van der Waals surface area contributed by atoms with Crippen LogP contribution in [0.2, 0.25) is 0 Å². The van der Waals surface area contributed by atoms with E-state index in [0.717, 1.165) is 12.2 Å². The molecule has 1 amide bonds. The Hall–Kier alpha value is -2.31. The molecule has 0 saturated heterocycles. The third-order valence-corrected chi connectivity index (χ3v) is 2.78. The summed E-state index contributed by atoms with van der Waals surface area (Å²) in [6.45, 7) is 8.40. The third kappa shape index (κ3) is 8.08. The molecule has 0 aromatic carbocycles. The number of hydrogen-bond acceptors (Lipinski definition) is 6. The van der Waals surface area contributed by atoms with E-state index in [4.69, 9.17) is 14.2 Å². The Morgan fingerprint density at radius 2 is 1.50 bits per heavy atom.